The van der Waals surface area contributed by atoms with Gasteiger partial charge < -0.3 is 15.1 Å². The first kappa shape index (κ1) is 35.5. The first-order chi connectivity index (χ1) is 21.7. The number of halogens is 2. The van der Waals surface area contributed by atoms with Crippen LogP contribution in [0.2, 0.25) is 26.7 Å². The van der Waals surface area contributed by atoms with Gasteiger partial charge in [0.1, 0.15) is 13.7 Å². The van der Waals surface area contributed by atoms with Crippen molar-refractivity contribution in [3.63, 3.8) is 0 Å². The molecule has 0 saturated carbocycles. The van der Waals surface area contributed by atoms with Gasteiger partial charge >= 0.3 is 0 Å². The number of pyridine rings is 1. The first-order valence-electron chi connectivity index (χ1n) is 15.8. The highest BCUT2D eigenvalue weighted by atomic mass is 35.5. The van der Waals surface area contributed by atoms with Crippen LogP contribution in [0.1, 0.15) is 47.1 Å². The van der Waals surface area contributed by atoms with Gasteiger partial charge in [0, 0.05) is 55.9 Å². The molecular weight excluding hydrogens is 631 g/mol. The molecule has 4 aromatic rings. The van der Waals surface area contributed by atoms with E-state index in [1.165, 1.54) is 4.57 Å². The molecular formula is C36H46Cl2N6OSi. The Kier molecular flexibility index (Phi) is 11.3. The molecule has 244 valence electrons. The van der Waals surface area contributed by atoms with Gasteiger partial charge in [-0.3, -0.25) is 9.36 Å². The number of nitrogens with one attached hydrogen (secondary N) is 1. The number of hydrogen-bond donors (Lipinski definition) is 1. The van der Waals surface area contributed by atoms with E-state index in [0.29, 0.717) is 60.3 Å². The molecule has 0 amide bonds. The smallest absolute Gasteiger partial charge is 0.261 e. The number of benzene rings is 2. The minimum Gasteiger partial charge on any atom is -0.373 e. The molecule has 0 radical (unpaired) electrons. The van der Waals surface area contributed by atoms with Crippen molar-refractivity contribution in [1.82, 2.24) is 19.4 Å². The van der Waals surface area contributed by atoms with Crippen molar-refractivity contribution in [1.29, 1.82) is 0 Å². The lowest BCUT2D eigenvalue weighted by atomic mass is 9.99. The van der Waals surface area contributed by atoms with Crippen LogP contribution in [0.5, 0.6) is 0 Å². The zero-order valence-corrected chi connectivity index (χ0v) is 31.2. The van der Waals surface area contributed by atoms with Gasteiger partial charge in [-0.25, -0.2) is 4.98 Å². The summed E-state index contributed by atoms with van der Waals surface area (Å²) >= 11 is 13.4. The molecule has 7 nitrogen and oxygen atoms in total. The Labute approximate surface area is 285 Å². The van der Waals surface area contributed by atoms with E-state index in [0.717, 1.165) is 24.5 Å². The highest BCUT2D eigenvalue weighted by Crippen LogP contribution is 2.42. The largest absolute Gasteiger partial charge is 0.373 e. The second kappa shape index (κ2) is 14.6. The second-order valence-corrected chi connectivity index (χ2v) is 19.6. The molecule has 0 spiro atoms. The molecule has 2 aromatic carbocycles. The molecule has 0 fully saturated rings. The number of fused-ring (bicyclic) bond motifs is 1. The SMILES string of the molecule is CC(C)[Si](C#Cc1c(-c2c(Cl)cccc2Cl)c(=O)n(C)c2nc(Nc3ccc(N(C)CCN(C)C)cc3)ncc12)(C(C)C)C(C)C. The Morgan fingerprint density at radius 3 is 2.02 bits per heavy atom. The van der Waals surface area contributed by atoms with Crippen LogP contribution in [0.4, 0.5) is 17.3 Å². The van der Waals surface area contributed by atoms with Gasteiger partial charge in [-0.05, 0) is 67.1 Å². The van der Waals surface area contributed by atoms with E-state index in [1.807, 2.05) is 12.1 Å². The first-order valence-corrected chi connectivity index (χ1v) is 18.8. The Balaban J connectivity index is 1.89. The summed E-state index contributed by atoms with van der Waals surface area (Å²) in [5.41, 5.74) is 8.61. The Bertz CT molecular complexity index is 1780. The van der Waals surface area contributed by atoms with Crippen molar-refractivity contribution >= 4 is 59.6 Å². The number of nitrogens with zero attached hydrogens (tertiary/aromatic N) is 5. The van der Waals surface area contributed by atoms with Crippen LogP contribution in [-0.2, 0) is 7.05 Å². The molecule has 0 saturated heterocycles. The summed E-state index contributed by atoms with van der Waals surface area (Å²) in [4.78, 5) is 28.1. The van der Waals surface area contributed by atoms with Crippen molar-refractivity contribution in [2.75, 3.05) is 44.4 Å². The molecule has 0 unspecified atom stereocenters. The Morgan fingerprint density at radius 2 is 1.48 bits per heavy atom. The number of aryl methyl sites for hydroxylation is 1. The average molecular weight is 678 g/mol. The molecule has 0 bridgehead atoms. The number of likely N-dealkylation sites (N-methyl/N-ethyl adjacent to an activating group) is 2. The minimum absolute atomic E-state index is 0.271. The van der Waals surface area contributed by atoms with E-state index in [9.17, 15) is 4.79 Å². The van der Waals surface area contributed by atoms with Crippen LogP contribution >= 0.6 is 23.2 Å². The standard InChI is InChI=1S/C36H46Cl2N6OSi/c1-23(2)46(24(3)4,25(5)6)21-18-28-29-22-39-36(40-26-14-16-27(17-15-26)43(9)20-19-42(7)8)41-34(29)44(10)35(45)32(28)33-30(37)12-11-13-31(33)38/h11-17,22-25H,19-20H2,1-10H3,(H,39,40,41). The molecule has 46 heavy (non-hydrogen) atoms. The van der Waals surface area contributed by atoms with Crippen molar-refractivity contribution in [2.24, 2.45) is 7.05 Å². The third kappa shape index (κ3) is 7.13. The van der Waals surface area contributed by atoms with E-state index < -0.39 is 8.07 Å². The molecule has 2 aromatic heterocycles. The lowest BCUT2D eigenvalue weighted by Crippen LogP contribution is -2.43. The lowest BCUT2D eigenvalue weighted by molar-refractivity contribution is 0.416. The highest BCUT2D eigenvalue weighted by molar-refractivity contribution is 6.90. The molecule has 0 aliphatic heterocycles. The molecule has 2 heterocycles. The molecule has 0 aliphatic rings. The van der Waals surface area contributed by atoms with Crippen LogP contribution in [0.25, 0.3) is 22.2 Å². The second-order valence-electron chi connectivity index (χ2n) is 13.2. The van der Waals surface area contributed by atoms with Crippen molar-refractivity contribution in [2.45, 2.75) is 58.2 Å². The van der Waals surface area contributed by atoms with Crippen molar-refractivity contribution in [3.8, 4) is 22.6 Å². The quantitative estimate of drug-likeness (QED) is 0.134. The Hall–Kier alpha value is -3.35. The molecule has 0 atom stereocenters. The number of anilines is 3. The zero-order chi connectivity index (χ0) is 33.9. The van der Waals surface area contributed by atoms with Crippen LogP contribution < -0.4 is 15.8 Å². The van der Waals surface area contributed by atoms with Gasteiger partial charge in [-0.15, -0.1) is 5.54 Å². The van der Waals surface area contributed by atoms with Crippen LogP contribution in [0.3, 0.4) is 0 Å². The minimum atomic E-state index is -2.16. The predicted molar refractivity (Wildman–Crippen MR) is 200 cm³/mol. The summed E-state index contributed by atoms with van der Waals surface area (Å²) in [5.74, 6) is 3.92. The fraction of sp³-hybridized carbons (Fsp3) is 0.417. The van der Waals surface area contributed by atoms with Gasteiger partial charge in [-0.2, -0.15) is 4.98 Å². The fourth-order valence-corrected chi connectivity index (χ4v) is 12.3. The van der Waals surface area contributed by atoms with Gasteiger partial charge in [0.2, 0.25) is 5.95 Å². The normalized spacial score (nSPS) is 11.9. The van der Waals surface area contributed by atoms with Crippen molar-refractivity contribution < 1.29 is 0 Å². The van der Waals surface area contributed by atoms with E-state index in [-0.39, 0.29) is 5.56 Å². The maximum atomic E-state index is 14.2. The third-order valence-corrected chi connectivity index (χ3v) is 16.0. The predicted octanol–water partition coefficient (Wildman–Crippen LogP) is 8.61. The monoisotopic (exact) mass is 676 g/mol. The van der Waals surface area contributed by atoms with Crippen LogP contribution in [0, 0.1) is 11.5 Å². The number of aromatic nitrogens is 3. The summed E-state index contributed by atoms with van der Waals surface area (Å²) in [7, 11) is 5.77. The van der Waals surface area contributed by atoms with Gasteiger partial charge in [-0.1, -0.05) is 76.7 Å². The van der Waals surface area contributed by atoms with Crippen LogP contribution in [-0.4, -0.2) is 61.7 Å². The summed E-state index contributed by atoms with van der Waals surface area (Å²) in [6.45, 7) is 15.5. The zero-order valence-electron chi connectivity index (χ0n) is 28.7. The summed E-state index contributed by atoms with van der Waals surface area (Å²) in [5, 5.41) is 4.76. The molecule has 1 N–H and O–H groups in total. The number of hydrogen-bond acceptors (Lipinski definition) is 6. The van der Waals surface area contributed by atoms with Crippen molar-refractivity contribution in [3.05, 3.63) is 74.6 Å². The highest BCUT2D eigenvalue weighted by Gasteiger charge is 2.42. The maximum absolute atomic E-state index is 14.2. The molecule has 4 rings (SSSR count). The summed E-state index contributed by atoms with van der Waals surface area (Å²) in [6, 6.07) is 13.4. The van der Waals surface area contributed by atoms with Gasteiger partial charge in [0.15, 0.2) is 0 Å². The number of rotatable bonds is 10. The average Bonchev–Trinajstić information content (AvgIpc) is 2.99. The van der Waals surface area contributed by atoms with E-state index in [2.05, 4.69) is 101 Å². The third-order valence-electron chi connectivity index (χ3n) is 9.05. The fourth-order valence-electron chi connectivity index (χ4n) is 6.48. The maximum Gasteiger partial charge on any atom is 0.261 e. The lowest BCUT2D eigenvalue weighted by Gasteiger charge is -2.38. The molecule has 10 heteroatoms. The van der Waals surface area contributed by atoms with Gasteiger partial charge in [0.25, 0.3) is 5.56 Å². The summed E-state index contributed by atoms with van der Waals surface area (Å²) < 4.78 is 1.53. The van der Waals surface area contributed by atoms with E-state index in [4.69, 9.17) is 33.2 Å². The van der Waals surface area contributed by atoms with E-state index >= 15 is 0 Å². The topological polar surface area (TPSA) is 66.3 Å². The molecule has 0 aliphatic carbocycles. The van der Waals surface area contributed by atoms with Gasteiger partial charge in [0.05, 0.1) is 21.0 Å². The van der Waals surface area contributed by atoms with Crippen LogP contribution in [0.15, 0.2) is 53.5 Å². The summed E-state index contributed by atoms with van der Waals surface area (Å²) in [6.07, 6.45) is 1.75. The Morgan fingerprint density at radius 1 is 0.891 bits per heavy atom. The van der Waals surface area contributed by atoms with E-state index in [1.54, 1.807) is 31.4 Å².